The molecule has 10 heteroatoms. The van der Waals surface area contributed by atoms with Gasteiger partial charge in [0, 0.05) is 19.0 Å². The number of alkyl halides is 3. The lowest BCUT2D eigenvalue weighted by molar-refractivity contribution is -0.137. The Kier molecular flexibility index (Phi) is 5.40. The second kappa shape index (κ2) is 7.51. The molecular weight excluding hydrogens is 405 g/mol. The Hall–Kier alpha value is -2.88. The van der Waals surface area contributed by atoms with Crippen LogP contribution in [0.1, 0.15) is 16.0 Å². The first-order valence-electron chi connectivity index (χ1n) is 8.62. The predicted octanol–water partition coefficient (Wildman–Crippen LogP) is 3.80. The number of fused-ring (bicyclic) bond motifs is 1. The number of nitrogens with one attached hydrogen (secondary N) is 1. The second-order valence-electron chi connectivity index (χ2n) is 6.81. The van der Waals surface area contributed by atoms with E-state index in [1.165, 1.54) is 23.7 Å². The van der Waals surface area contributed by atoms with Crippen LogP contribution in [0.2, 0.25) is 0 Å². The maximum absolute atomic E-state index is 13.0. The van der Waals surface area contributed by atoms with Gasteiger partial charge in [0.1, 0.15) is 11.4 Å². The van der Waals surface area contributed by atoms with Crippen LogP contribution in [0, 0.1) is 13.8 Å². The molecule has 0 aliphatic heterocycles. The van der Waals surface area contributed by atoms with E-state index in [2.05, 4.69) is 10.3 Å². The van der Waals surface area contributed by atoms with Crippen LogP contribution in [-0.2, 0) is 17.5 Å². The summed E-state index contributed by atoms with van der Waals surface area (Å²) in [5.41, 5.74) is 0.00739. The summed E-state index contributed by atoms with van der Waals surface area (Å²) in [7, 11) is 3.31. The van der Waals surface area contributed by atoms with Gasteiger partial charge in [-0.25, -0.2) is 4.98 Å². The van der Waals surface area contributed by atoms with E-state index in [1.54, 1.807) is 19.0 Å². The largest absolute Gasteiger partial charge is 0.416 e. The minimum atomic E-state index is -4.54. The molecule has 0 aliphatic carbocycles. The summed E-state index contributed by atoms with van der Waals surface area (Å²) in [5, 5.41) is 2.94. The SMILES string of the molecule is Cc1sc2ncn(CC(=O)Nc3cc(C(F)(F)F)ccc3N(C)C)c(=O)c2c1C. The van der Waals surface area contributed by atoms with E-state index in [-0.39, 0.29) is 17.8 Å². The number of aromatic nitrogens is 2. The third-order valence-electron chi connectivity index (χ3n) is 4.55. The van der Waals surface area contributed by atoms with Crippen LogP contribution in [0.15, 0.2) is 29.3 Å². The average molecular weight is 424 g/mol. The molecule has 1 N–H and O–H groups in total. The highest BCUT2D eigenvalue weighted by molar-refractivity contribution is 7.18. The number of hydrogen-bond acceptors (Lipinski definition) is 5. The lowest BCUT2D eigenvalue weighted by atomic mass is 10.1. The van der Waals surface area contributed by atoms with Gasteiger partial charge in [0.2, 0.25) is 5.91 Å². The number of rotatable bonds is 4. The van der Waals surface area contributed by atoms with Gasteiger partial charge < -0.3 is 10.2 Å². The predicted molar refractivity (Wildman–Crippen MR) is 108 cm³/mol. The Labute approximate surface area is 168 Å². The minimum Gasteiger partial charge on any atom is -0.376 e. The van der Waals surface area contributed by atoms with Crippen LogP contribution >= 0.6 is 11.3 Å². The number of nitrogens with zero attached hydrogens (tertiary/aromatic N) is 3. The molecule has 154 valence electrons. The molecule has 0 atom stereocenters. The number of thiophene rings is 1. The standard InChI is InChI=1S/C19H19F3N4O2S/c1-10-11(2)29-17-16(10)18(28)26(9-23-17)8-15(27)24-13-7-12(19(20,21)22)5-6-14(13)25(3)4/h5-7,9H,8H2,1-4H3,(H,24,27). The molecule has 0 aliphatic rings. The lowest BCUT2D eigenvalue weighted by Gasteiger charge is -2.20. The fourth-order valence-corrected chi connectivity index (χ4v) is 3.92. The van der Waals surface area contributed by atoms with Crippen molar-refractivity contribution in [2.45, 2.75) is 26.6 Å². The molecule has 2 aromatic heterocycles. The van der Waals surface area contributed by atoms with Crippen molar-refractivity contribution in [1.82, 2.24) is 9.55 Å². The van der Waals surface area contributed by atoms with Gasteiger partial charge in [-0.05, 0) is 37.6 Å². The van der Waals surface area contributed by atoms with E-state index in [4.69, 9.17) is 0 Å². The molecule has 0 radical (unpaired) electrons. The monoisotopic (exact) mass is 424 g/mol. The van der Waals surface area contributed by atoms with Crippen LogP contribution < -0.4 is 15.8 Å². The van der Waals surface area contributed by atoms with E-state index < -0.39 is 17.6 Å². The van der Waals surface area contributed by atoms with Crippen molar-refractivity contribution in [1.29, 1.82) is 0 Å². The van der Waals surface area contributed by atoms with E-state index in [9.17, 15) is 22.8 Å². The summed E-state index contributed by atoms with van der Waals surface area (Å²) in [6.45, 7) is 3.33. The number of anilines is 2. The average Bonchev–Trinajstić information content (AvgIpc) is 2.91. The molecule has 3 aromatic rings. The van der Waals surface area contributed by atoms with Crippen LogP contribution in [0.5, 0.6) is 0 Å². The molecule has 0 spiro atoms. The van der Waals surface area contributed by atoms with Gasteiger partial charge in [-0.15, -0.1) is 11.3 Å². The molecule has 0 bridgehead atoms. The number of hydrogen-bond donors (Lipinski definition) is 1. The van der Waals surface area contributed by atoms with E-state index in [1.807, 2.05) is 13.8 Å². The summed E-state index contributed by atoms with van der Waals surface area (Å²) >= 11 is 1.40. The number of aryl methyl sites for hydroxylation is 2. The van der Waals surface area contributed by atoms with Gasteiger partial charge in [0.15, 0.2) is 0 Å². The quantitative estimate of drug-likeness (QED) is 0.692. The van der Waals surface area contributed by atoms with Crippen LogP contribution in [0.4, 0.5) is 24.5 Å². The minimum absolute atomic E-state index is 0.0134. The van der Waals surface area contributed by atoms with Gasteiger partial charge in [-0.2, -0.15) is 13.2 Å². The third kappa shape index (κ3) is 4.12. The van der Waals surface area contributed by atoms with Crippen molar-refractivity contribution >= 4 is 38.8 Å². The Morgan fingerprint density at radius 2 is 1.97 bits per heavy atom. The molecule has 6 nitrogen and oxygen atoms in total. The van der Waals surface area contributed by atoms with Crippen molar-refractivity contribution in [3.63, 3.8) is 0 Å². The van der Waals surface area contributed by atoms with Crippen LogP contribution in [0.25, 0.3) is 10.2 Å². The first-order valence-corrected chi connectivity index (χ1v) is 9.44. The van der Waals surface area contributed by atoms with Crippen molar-refractivity contribution < 1.29 is 18.0 Å². The Morgan fingerprint density at radius 1 is 1.28 bits per heavy atom. The molecule has 3 rings (SSSR count). The normalized spacial score (nSPS) is 11.7. The summed E-state index contributed by atoms with van der Waals surface area (Å²) < 4.78 is 40.3. The molecule has 1 amide bonds. The topological polar surface area (TPSA) is 67.2 Å². The summed E-state index contributed by atoms with van der Waals surface area (Å²) in [6, 6.07) is 3.12. The number of benzene rings is 1. The first kappa shape index (κ1) is 20.8. The van der Waals surface area contributed by atoms with Crippen LogP contribution in [0.3, 0.4) is 0 Å². The number of amides is 1. The zero-order chi connectivity index (χ0) is 21.5. The molecular formula is C19H19F3N4O2S. The highest BCUT2D eigenvalue weighted by Gasteiger charge is 2.31. The Bertz CT molecular complexity index is 1150. The van der Waals surface area contributed by atoms with Crippen molar-refractivity contribution in [3.05, 3.63) is 50.9 Å². The molecule has 29 heavy (non-hydrogen) atoms. The maximum atomic E-state index is 13.0. The highest BCUT2D eigenvalue weighted by atomic mass is 32.1. The van der Waals surface area contributed by atoms with Gasteiger partial charge >= 0.3 is 6.18 Å². The van der Waals surface area contributed by atoms with Crippen molar-refractivity contribution in [3.8, 4) is 0 Å². The van der Waals surface area contributed by atoms with Crippen molar-refractivity contribution in [2.24, 2.45) is 0 Å². The summed E-state index contributed by atoms with van der Waals surface area (Å²) in [4.78, 5) is 32.6. The maximum Gasteiger partial charge on any atom is 0.416 e. The molecule has 1 aromatic carbocycles. The second-order valence-corrected chi connectivity index (χ2v) is 8.02. The summed E-state index contributed by atoms with van der Waals surface area (Å²) in [5.74, 6) is -0.625. The van der Waals surface area contributed by atoms with E-state index >= 15 is 0 Å². The molecule has 0 unspecified atom stereocenters. The van der Waals surface area contributed by atoms with Gasteiger partial charge in [0.25, 0.3) is 5.56 Å². The number of carbonyl (C=O) groups excluding carboxylic acids is 1. The number of carbonyl (C=O) groups is 1. The zero-order valence-corrected chi connectivity index (χ0v) is 17.0. The summed E-state index contributed by atoms with van der Waals surface area (Å²) in [6.07, 6.45) is -3.26. The van der Waals surface area contributed by atoms with Gasteiger partial charge in [-0.3, -0.25) is 14.2 Å². The molecule has 0 saturated carbocycles. The molecule has 2 heterocycles. The van der Waals surface area contributed by atoms with E-state index in [0.717, 1.165) is 27.1 Å². The first-order chi connectivity index (χ1) is 13.5. The number of halogens is 3. The lowest BCUT2D eigenvalue weighted by Crippen LogP contribution is -2.28. The highest BCUT2D eigenvalue weighted by Crippen LogP contribution is 2.35. The Morgan fingerprint density at radius 3 is 2.59 bits per heavy atom. The molecule has 0 saturated heterocycles. The van der Waals surface area contributed by atoms with Crippen LogP contribution in [-0.4, -0.2) is 29.6 Å². The van der Waals surface area contributed by atoms with Gasteiger partial charge in [-0.1, -0.05) is 0 Å². The third-order valence-corrected chi connectivity index (χ3v) is 5.66. The Balaban J connectivity index is 1.91. The van der Waals surface area contributed by atoms with E-state index in [0.29, 0.717) is 15.9 Å². The smallest absolute Gasteiger partial charge is 0.376 e. The fraction of sp³-hybridized carbons (Fsp3) is 0.316. The molecule has 0 fully saturated rings. The van der Waals surface area contributed by atoms with Crippen molar-refractivity contribution in [2.75, 3.05) is 24.3 Å². The zero-order valence-electron chi connectivity index (χ0n) is 16.2. The fourth-order valence-electron chi connectivity index (χ4n) is 2.93. The van der Waals surface area contributed by atoms with Gasteiger partial charge in [0.05, 0.1) is 28.7 Å².